The van der Waals surface area contributed by atoms with Crippen LogP contribution in [0.5, 0.6) is 11.5 Å². The molecule has 1 fully saturated rings. The number of ether oxygens (including phenoxy) is 2. The fraction of sp³-hybridized carbons (Fsp3) is 0.333. The minimum atomic E-state index is -0.674. The third-order valence-corrected chi connectivity index (χ3v) is 5.01. The number of anilines is 1. The number of carbonyl (C=O) groups is 2. The lowest BCUT2D eigenvalue weighted by atomic mass is 10.2. The van der Waals surface area contributed by atoms with Crippen molar-refractivity contribution >= 4 is 17.5 Å². The normalized spacial score (nSPS) is 18.3. The van der Waals surface area contributed by atoms with Crippen molar-refractivity contribution in [3.05, 3.63) is 54.3 Å². The molecule has 0 radical (unpaired) electrons. The summed E-state index contributed by atoms with van der Waals surface area (Å²) in [4.78, 5) is 28.1. The Bertz CT molecular complexity index is 899. The van der Waals surface area contributed by atoms with Gasteiger partial charge in [-0.25, -0.2) is 4.39 Å². The molecule has 152 valence electrons. The first-order valence-electron chi connectivity index (χ1n) is 9.57. The maximum atomic E-state index is 13.9. The number of piperazine rings is 1. The highest BCUT2D eigenvalue weighted by atomic mass is 19.1. The van der Waals surface area contributed by atoms with Gasteiger partial charge in [0.2, 0.25) is 0 Å². The molecule has 1 saturated heterocycles. The summed E-state index contributed by atoms with van der Waals surface area (Å²) in [5.41, 5.74) is 0.513. The lowest BCUT2D eigenvalue weighted by Crippen LogP contribution is -2.53. The Kier molecular flexibility index (Phi) is 5.50. The summed E-state index contributed by atoms with van der Waals surface area (Å²) >= 11 is 0. The van der Waals surface area contributed by atoms with Gasteiger partial charge in [0, 0.05) is 26.2 Å². The summed E-state index contributed by atoms with van der Waals surface area (Å²) in [7, 11) is 0. The van der Waals surface area contributed by atoms with Gasteiger partial charge >= 0.3 is 11.8 Å². The Balaban J connectivity index is 1.25. The first-order chi connectivity index (χ1) is 14.1. The number of nitrogens with zero attached hydrogens (tertiary/aromatic N) is 2. The molecule has 0 spiro atoms. The lowest BCUT2D eigenvalue weighted by molar-refractivity contribution is -0.146. The minimum Gasteiger partial charge on any atom is -0.486 e. The highest BCUT2D eigenvalue weighted by Gasteiger charge is 2.28. The number of carbonyl (C=O) groups excluding carboxylic acids is 2. The molecule has 1 atom stereocenters. The number of nitrogens with one attached hydrogen (secondary N) is 1. The Morgan fingerprint density at radius 2 is 1.69 bits per heavy atom. The van der Waals surface area contributed by atoms with Gasteiger partial charge in [-0.15, -0.1) is 0 Å². The summed E-state index contributed by atoms with van der Waals surface area (Å²) in [5, 5.41) is 2.62. The molecule has 2 aromatic carbocycles. The van der Waals surface area contributed by atoms with Crippen molar-refractivity contribution in [3.8, 4) is 11.5 Å². The summed E-state index contributed by atoms with van der Waals surface area (Å²) < 4.78 is 25.3. The van der Waals surface area contributed by atoms with E-state index >= 15 is 0 Å². The standard InChI is InChI=1S/C21H22FN3O4/c22-16-5-1-2-6-17(16)24-9-11-25(12-10-24)21(27)20(26)23-13-15-14-28-18-7-3-4-8-19(18)29-15/h1-8,15H,9-14H2,(H,23,26). The van der Waals surface area contributed by atoms with Gasteiger partial charge in [-0.3, -0.25) is 9.59 Å². The molecule has 0 saturated carbocycles. The Hall–Kier alpha value is -3.29. The predicted molar refractivity (Wildman–Crippen MR) is 105 cm³/mol. The largest absolute Gasteiger partial charge is 0.486 e. The van der Waals surface area contributed by atoms with E-state index in [0.717, 1.165) is 0 Å². The zero-order valence-corrected chi connectivity index (χ0v) is 15.8. The van der Waals surface area contributed by atoms with E-state index in [1.807, 2.05) is 23.1 Å². The smallest absolute Gasteiger partial charge is 0.312 e. The molecule has 8 heteroatoms. The second kappa shape index (κ2) is 8.38. The molecule has 1 unspecified atom stereocenters. The maximum absolute atomic E-state index is 13.9. The molecule has 0 bridgehead atoms. The van der Waals surface area contributed by atoms with Crippen LogP contribution >= 0.6 is 0 Å². The van der Waals surface area contributed by atoms with Crippen LogP contribution in [0.3, 0.4) is 0 Å². The van der Waals surface area contributed by atoms with Gasteiger partial charge in [0.15, 0.2) is 11.5 Å². The van der Waals surface area contributed by atoms with E-state index in [9.17, 15) is 14.0 Å². The molecule has 7 nitrogen and oxygen atoms in total. The SMILES string of the molecule is O=C(NCC1COc2ccccc2O1)C(=O)N1CCN(c2ccccc2F)CC1. The number of hydrogen-bond acceptors (Lipinski definition) is 5. The van der Waals surface area contributed by atoms with E-state index in [1.165, 1.54) is 11.0 Å². The number of amides is 2. The Morgan fingerprint density at radius 3 is 2.45 bits per heavy atom. The molecule has 0 aliphatic carbocycles. The van der Waals surface area contributed by atoms with Crippen LogP contribution in [-0.2, 0) is 9.59 Å². The molecule has 2 aromatic rings. The van der Waals surface area contributed by atoms with Crippen LogP contribution in [0.25, 0.3) is 0 Å². The fourth-order valence-corrected chi connectivity index (χ4v) is 3.45. The first-order valence-corrected chi connectivity index (χ1v) is 9.57. The zero-order valence-electron chi connectivity index (χ0n) is 15.8. The summed E-state index contributed by atoms with van der Waals surface area (Å²) in [6.45, 7) is 2.13. The monoisotopic (exact) mass is 399 g/mol. The van der Waals surface area contributed by atoms with E-state index in [1.54, 1.807) is 24.3 Å². The van der Waals surface area contributed by atoms with Crippen LogP contribution in [0.2, 0.25) is 0 Å². The van der Waals surface area contributed by atoms with E-state index < -0.39 is 11.8 Å². The molecule has 2 heterocycles. The average Bonchev–Trinajstić information content (AvgIpc) is 2.77. The average molecular weight is 399 g/mol. The van der Waals surface area contributed by atoms with E-state index in [4.69, 9.17) is 9.47 Å². The number of rotatable bonds is 3. The third-order valence-electron chi connectivity index (χ3n) is 5.01. The Morgan fingerprint density at radius 1 is 1.00 bits per heavy atom. The van der Waals surface area contributed by atoms with Crippen molar-refractivity contribution in [2.75, 3.05) is 44.2 Å². The quantitative estimate of drug-likeness (QED) is 0.791. The van der Waals surface area contributed by atoms with Gasteiger partial charge in [-0.05, 0) is 24.3 Å². The molecule has 2 aliphatic rings. The van der Waals surface area contributed by atoms with Gasteiger partial charge in [0.05, 0.1) is 12.2 Å². The second-order valence-corrected chi connectivity index (χ2v) is 6.94. The van der Waals surface area contributed by atoms with Gasteiger partial charge in [0.25, 0.3) is 0 Å². The van der Waals surface area contributed by atoms with E-state index in [-0.39, 0.29) is 18.5 Å². The van der Waals surface area contributed by atoms with Crippen LogP contribution in [0, 0.1) is 5.82 Å². The van der Waals surface area contributed by atoms with Gasteiger partial charge in [0.1, 0.15) is 18.5 Å². The van der Waals surface area contributed by atoms with Crippen molar-refractivity contribution in [2.24, 2.45) is 0 Å². The van der Waals surface area contributed by atoms with Crippen LogP contribution < -0.4 is 19.7 Å². The molecular formula is C21H22FN3O4. The first kappa shape index (κ1) is 19.0. The van der Waals surface area contributed by atoms with E-state index in [0.29, 0.717) is 50.0 Å². The highest BCUT2D eigenvalue weighted by molar-refractivity contribution is 6.35. The van der Waals surface area contributed by atoms with Crippen LogP contribution in [-0.4, -0.2) is 62.1 Å². The van der Waals surface area contributed by atoms with Gasteiger partial charge in [-0.2, -0.15) is 0 Å². The third kappa shape index (κ3) is 4.26. The molecule has 0 aromatic heterocycles. The highest BCUT2D eigenvalue weighted by Crippen LogP contribution is 2.30. The topological polar surface area (TPSA) is 71.1 Å². The molecule has 2 amide bonds. The number of fused-ring (bicyclic) bond motifs is 1. The number of hydrogen-bond donors (Lipinski definition) is 1. The van der Waals surface area contributed by atoms with Crippen LogP contribution in [0.15, 0.2) is 48.5 Å². The second-order valence-electron chi connectivity index (χ2n) is 6.94. The fourth-order valence-electron chi connectivity index (χ4n) is 3.45. The van der Waals surface area contributed by atoms with Crippen molar-refractivity contribution in [3.63, 3.8) is 0 Å². The predicted octanol–water partition coefficient (Wildman–Crippen LogP) is 1.43. The number of para-hydroxylation sites is 3. The number of benzene rings is 2. The van der Waals surface area contributed by atoms with Crippen molar-refractivity contribution < 1.29 is 23.5 Å². The van der Waals surface area contributed by atoms with Crippen LogP contribution in [0.1, 0.15) is 0 Å². The van der Waals surface area contributed by atoms with E-state index in [2.05, 4.69) is 5.32 Å². The molecule has 4 rings (SSSR count). The minimum absolute atomic E-state index is 0.175. The van der Waals surface area contributed by atoms with Crippen molar-refractivity contribution in [1.29, 1.82) is 0 Å². The summed E-state index contributed by atoms with van der Waals surface area (Å²) in [6, 6.07) is 13.8. The van der Waals surface area contributed by atoms with Gasteiger partial charge in [-0.1, -0.05) is 24.3 Å². The summed E-state index contributed by atoms with van der Waals surface area (Å²) in [5.74, 6) is -0.268. The van der Waals surface area contributed by atoms with Crippen molar-refractivity contribution in [2.45, 2.75) is 6.10 Å². The lowest BCUT2D eigenvalue weighted by Gasteiger charge is -2.36. The van der Waals surface area contributed by atoms with Gasteiger partial charge < -0.3 is 24.6 Å². The maximum Gasteiger partial charge on any atom is 0.312 e. The summed E-state index contributed by atoms with van der Waals surface area (Å²) in [6.07, 6.45) is -0.362. The molecular weight excluding hydrogens is 377 g/mol. The zero-order chi connectivity index (χ0) is 20.2. The Labute approximate surface area is 168 Å². The van der Waals surface area contributed by atoms with Crippen molar-refractivity contribution in [1.82, 2.24) is 10.2 Å². The molecule has 1 N–H and O–H groups in total. The molecule has 29 heavy (non-hydrogen) atoms. The number of halogens is 1. The molecule has 2 aliphatic heterocycles. The van der Waals surface area contributed by atoms with Crippen LogP contribution in [0.4, 0.5) is 10.1 Å².